The maximum atomic E-state index is 11.5. The first-order valence-corrected chi connectivity index (χ1v) is 8.18. The van der Waals surface area contributed by atoms with E-state index in [1.165, 1.54) is 12.8 Å². The zero-order valence-corrected chi connectivity index (χ0v) is 13.2. The van der Waals surface area contributed by atoms with E-state index < -0.39 is 6.61 Å². The van der Waals surface area contributed by atoms with Gasteiger partial charge in [-0.05, 0) is 38.8 Å². The molecule has 2 fully saturated rings. The minimum atomic E-state index is -0.394. The van der Waals surface area contributed by atoms with Crippen LogP contribution in [0.5, 0.6) is 0 Å². The van der Waals surface area contributed by atoms with Gasteiger partial charge in [-0.3, -0.25) is 9.69 Å². The highest BCUT2D eigenvalue weighted by atomic mass is 16.3. The van der Waals surface area contributed by atoms with Crippen LogP contribution in [0.25, 0.3) is 0 Å². The molecule has 0 bridgehead atoms. The van der Waals surface area contributed by atoms with Crippen molar-refractivity contribution in [2.75, 3.05) is 32.8 Å². The molecule has 7 nitrogen and oxygen atoms in total. The molecule has 3 heterocycles. The Morgan fingerprint density at radius 3 is 2.50 bits per heavy atom. The predicted octanol–water partition coefficient (Wildman–Crippen LogP) is 0.109. The largest absolute Gasteiger partial charge is 0.387 e. The summed E-state index contributed by atoms with van der Waals surface area (Å²) < 4.78 is 2.13. The first-order valence-electron chi connectivity index (χ1n) is 8.18. The van der Waals surface area contributed by atoms with Gasteiger partial charge in [-0.25, -0.2) is 0 Å². The lowest BCUT2D eigenvalue weighted by Gasteiger charge is -2.31. The fourth-order valence-electron chi connectivity index (χ4n) is 3.50. The van der Waals surface area contributed by atoms with Gasteiger partial charge < -0.3 is 14.6 Å². The lowest BCUT2D eigenvalue weighted by atomic mass is 9.96. The Morgan fingerprint density at radius 2 is 1.86 bits per heavy atom. The highest BCUT2D eigenvalue weighted by molar-refractivity contribution is 5.77. The topological polar surface area (TPSA) is 74.5 Å². The summed E-state index contributed by atoms with van der Waals surface area (Å²) >= 11 is 0. The minimum absolute atomic E-state index is 0.175. The summed E-state index contributed by atoms with van der Waals surface area (Å²) in [6.45, 7) is 4.18. The summed E-state index contributed by atoms with van der Waals surface area (Å²) in [5.74, 6) is 2.25. The standard InChI is InChI=1S/C15H25N5O2/c1-18-13(10-19-6-2-3-7-19)16-17-15(18)12-4-8-20(9-5-12)14(22)11-21/h12,21H,2-11H2,1H3. The lowest BCUT2D eigenvalue weighted by molar-refractivity contribution is -0.135. The van der Waals surface area contributed by atoms with Gasteiger partial charge in [0, 0.05) is 26.1 Å². The Kier molecular flexibility index (Phi) is 4.73. The van der Waals surface area contributed by atoms with Crippen LogP contribution in [-0.4, -0.2) is 68.4 Å². The van der Waals surface area contributed by atoms with Gasteiger partial charge in [0.15, 0.2) is 0 Å². The van der Waals surface area contributed by atoms with E-state index in [-0.39, 0.29) is 5.91 Å². The van der Waals surface area contributed by atoms with Gasteiger partial charge in [-0.15, -0.1) is 10.2 Å². The SMILES string of the molecule is Cn1c(CN2CCCC2)nnc1C1CCN(C(=O)CO)CC1. The van der Waals surface area contributed by atoms with Gasteiger partial charge in [0.1, 0.15) is 18.3 Å². The van der Waals surface area contributed by atoms with Crippen LogP contribution in [0.4, 0.5) is 0 Å². The van der Waals surface area contributed by atoms with Gasteiger partial charge in [-0.2, -0.15) is 0 Å². The minimum Gasteiger partial charge on any atom is -0.387 e. The summed E-state index contributed by atoms with van der Waals surface area (Å²) in [5, 5.41) is 17.7. The first-order chi connectivity index (χ1) is 10.7. The molecule has 0 saturated carbocycles. The number of likely N-dealkylation sites (tertiary alicyclic amines) is 2. The van der Waals surface area contributed by atoms with E-state index >= 15 is 0 Å². The lowest BCUT2D eigenvalue weighted by Crippen LogP contribution is -2.39. The van der Waals surface area contributed by atoms with E-state index in [9.17, 15) is 4.79 Å². The first kappa shape index (κ1) is 15.4. The van der Waals surface area contributed by atoms with E-state index in [1.54, 1.807) is 4.90 Å². The molecule has 1 aromatic heterocycles. The molecule has 0 unspecified atom stereocenters. The Balaban J connectivity index is 1.61. The van der Waals surface area contributed by atoms with Gasteiger partial charge >= 0.3 is 0 Å². The summed E-state index contributed by atoms with van der Waals surface area (Å²) in [6.07, 6.45) is 4.34. The van der Waals surface area contributed by atoms with Gasteiger partial charge in [0.05, 0.1) is 6.54 Å². The average Bonchev–Trinajstić information content (AvgIpc) is 3.18. The maximum absolute atomic E-state index is 11.5. The van der Waals surface area contributed by atoms with Crippen molar-refractivity contribution in [1.29, 1.82) is 0 Å². The number of rotatable bonds is 4. The van der Waals surface area contributed by atoms with Crippen molar-refractivity contribution in [3.05, 3.63) is 11.6 Å². The van der Waals surface area contributed by atoms with E-state index in [4.69, 9.17) is 5.11 Å². The maximum Gasteiger partial charge on any atom is 0.248 e. The molecule has 2 saturated heterocycles. The Bertz CT molecular complexity index is 516. The second-order valence-electron chi connectivity index (χ2n) is 6.33. The van der Waals surface area contributed by atoms with Crippen molar-refractivity contribution in [3.8, 4) is 0 Å². The monoisotopic (exact) mass is 307 g/mol. The van der Waals surface area contributed by atoms with Crippen molar-refractivity contribution >= 4 is 5.91 Å². The molecule has 22 heavy (non-hydrogen) atoms. The smallest absolute Gasteiger partial charge is 0.248 e. The quantitative estimate of drug-likeness (QED) is 0.854. The number of hydrogen-bond acceptors (Lipinski definition) is 5. The number of nitrogens with zero attached hydrogens (tertiary/aromatic N) is 5. The fraction of sp³-hybridized carbons (Fsp3) is 0.800. The van der Waals surface area contributed by atoms with E-state index in [1.807, 2.05) is 7.05 Å². The molecular weight excluding hydrogens is 282 g/mol. The van der Waals surface area contributed by atoms with Crippen LogP contribution in [-0.2, 0) is 18.4 Å². The van der Waals surface area contributed by atoms with Crippen LogP contribution < -0.4 is 0 Å². The highest BCUT2D eigenvalue weighted by Gasteiger charge is 2.27. The molecule has 3 rings (SSSR count). The second-order valence-corrected chi connectivity index (χ2v) is 6.33. The molecule has 0 radical (unpaired) electrons. The van der Waals surface area contributed by atoms with Gasteiger partial charge in [0.2, 0.25) is 5.91 Å². The van der Waals surface area contributed by atoms with E-state index in [2.05, 4.69) is 19.7 Å². The van der Waals surface area contributed by atoms with Crippen molar-refractivity contribution in [2.24, 2.45) is 7.05 Å². The van der Waals surface area contributed by atoms with Crippen LogP contribution in [0.1, 0.15) is 43.3 Å². The second kappa shape index (κ2) is 6.75. The number of amides is 1. The molecule has 1 amide bonds. The molecule has 7 heteroatoms. The van der Waals surface area contributed by atoms with Crippen LogP contribution in [0.3, 0.4) is 0 Å². The zero-order chi connectivity index (χ0) is 15.5. The van der Waals surface area contributed by atoms with Gasteiger partial charge in [0.25, 0.3) is 0 Å². The van der Waals surface area contributed by atoms with Crippen molar-refractivity contribution < 1.29 is 9.90 Å². The number of carbonyl (C=O) groups is 1. The van der Waals surface area contributed by atoms with Crippen molar-refractivity contribution in [3.63, 3.8) is 0 Å². The average molecular weight is 307 g/mol. The number of aromatic nitrogens is 3. The molecule has 122 valence electrons. The number of carbonyl (C=O) groups excluding carboxylic acids is 1. The third kappa shape index (κ3) is 3.15. The summed E-state index contributed by atoms with van der Waals surface area (Å²) in [6, 6.07) is 0. The number of hydrogen-bond donors (Lipinski definition) is 1. The molecule has 1 N–H and O–H groups in total. The number of aliphatic hydroxyl groups is 1. The fourth-order valence-corrected chi connectivity index (χ4v) is 3.50. The molecule has 2 aliphatic rings. The Morgan fingerprint density at radius 1 is 1.18 bits per heavy atom. The predicted molar refractivity (Wildman–Crippen MR) is 81.2 cm³/mol. The summed E-state index contributed by atoms with van der Waals surface area (Å²) in [7, 11) is 2.05. The van der Waals surface area contributed by atoms with Crippen LogP contribution >= 0.6 is 0 Å². The molecule has 1 aromatic rings. The van der Waals surface area contributed by atoms with Crippen LogP contribution in [0.2, 0.25) is 0 Å². The Hall–Kier alpha value is -1.47. The van der Waals surface area contributed by atoms with E-state index in [0.717, 1.165) is 44.1 Å². The van der Waals surface area contributed by atoms with Gasteiger partial charge in [-0.1, -0.05) is 0 Å². The van der Waals surface area contributed by atoms with Crippen molar-refractivity contribution in [2.45, 2.75) is 38.1 Å². The van der Waals surface area contributed by atoms with Crippen LogP contribution in [0.15, 0.2) is 0 Å². The van der Waals surface area contributed by atoms with Crippen molar-refractivity contribution in [1.82, 2.24) is 24.6 Å². The Labute approximate surface area is 130 Å². The highest BCUT2D eigenvalue weighted by Crippen LogP contribution is 2.27. The number of aliphatic hydroxyl groups excluding tert-OH is 1. The molecular formula is C15H25N5O2. The third-order valence-electron chi connectivity index (χ3n) is 4.91. The summed E-state index contributed by atoms with van der Waals surface area (Å²) in [5.41, 5.74) is 0. The molecule has 0 atom stereocenters. The number of piperidine rings is 1. The molecule has 0 spiro atoms. The molecule has 0 aliphatic carbocycles. The molecule has 2 aliphatic heterocycles. The normalized spacial score (nSPS) is 20.7. The van der Waals surface area contributed by atoms with Crippen LogP contribution in [0, 0.1) is 0 Å². The molecule has 0 aromatic carbocycles. The third-order valence-corrected chi connectivity index (χ3v) is 4.91. The van der Waals surface area contributed by atoms with E-state index in [0.29, 0.717) is 19.0 Å². The zero-order valence-electron chi connectivity index (χ0n) is 13.2. The summed E-state index contributed by atoms with van der Waals surface area (Å²) in [4.78, 5) is 15.7.